The zero-order valence-corrected chi connectivity index (χ0v) is 10.5. The summed E-state index contributed by atoms with van der Waals surface area (Å²) in [5, 5.41) is 2.97. The van der Waals surface area contributed by atoms with Crippen molar-refractivity contribution in [3.63, 3.8) is 0 Å². The monoisotopic (exact) mass is 237 g/mol. The van der Waals surface area contributed by atoms with Crippen LogP contribution in [0.4, 0.5) is 5.82 Å². The Bertz CT molecular complexity index is 363. The van der Waals surface area contributed by atoms with Gasteiger partial charge in [0, 0.05) is 26.0 Å². The SMILES string of the molecule is CNc1cc(OC2CC(C)OC(C)C2)ncn1. The fraction of sp³-hybridized carbons (Fsp3) is 0.667. The molecular weight excluding hydrogens is 218 g/mol. The maximum atomic E-state index is 5.87. The Morgan fingerprint density at radius 2 is 2.00 bits per heavy atom. The number of hydrogen-bond acceptors (Lipinski definition) is 5. The van der Waals surface area contributed by atoms with Crippen LogP contribution >= 0.6 is 0 Å². The van der Waals surface area contributed by atoms with Crippen LogP contribution < -0.4 is 10.1 Å². The van der Waals surface area contributed by atoms with Crippen molar-refractivity contribution >= 4 is 5.82 Å². The Morgan fingerprint density at radius 3 is 2.65 bits per heavy atom. The van der Waals surface area contributed by atoms with Gasteiger partial charge in [0.15, 0.2) is 0 Å². The summed E-state index contributed by atoms with van der Waals surface area (Å²) in [6, 6.07) is 1.81. The first kappa shape index (κ1) is 12.1. The molecule has 0 aromatic carbocycles. The summed E-state index contributed by atoms with van der Waals surface area (Å²) in [5.74, 6) is 1.39. The van der Waals surface area contributed by atoms with Crippen molar-refractivity contribution in [2.24, 2.45) is 0 Å². The Kier molecular flexibility index (Phi) is 3.78. The fourth-order valence-electron chi connectivity index (χ4n) is 2.15. The van der Waals surface area contributed by atoms with Crippen LogP contribution in [0.1, 0.15) is 26.7 Å². The highest BCUT2D eigenvalue weighted by Gasteiger charge is 2.26. The molecule has 2 atom stereocenters. The minimum absolute atomic E-state index is 0.174. The van der Waals surface area contributed by atoms with E-state index in [1.54, 1.807) is 0 Å². The van der Waals surface area contributed by atoms with Crippen LogP contribution in [-0.4, -0.2) is 35.3 Å². The lowest BCUT2D eigenvalue weighted by atomic mass is 10.0. The van der Waals surface area contributed by atoms with Gasteiger partial charge in [0.2, 0.25) is 5.88 Å². The summed E-state index contributed by atoms with van der Waals surface area (Å²) < 4.78 is 11.5. The predicted octanol–water partition coefficient (Wildman–Crippen LogP) is 1.85. The molecule has 5 heteroatoms. The minimum atomic E-state index is 0.174. The molecule has 0 saturated carbocycles. The van der Waals surface area contributed by atoms with E-state index in [1.165, 1.54) is 6.33 Å². The van der Waals surface area contributed by atoms with Gasteiger partial charge in [-0.1, -0.05) is 0 Å². The molecule has 0 bridgehead atoms. The highest BCUT2D eigenvalue weighted by molar-refractivity contribution is 5.36. The molecule has 94 valence electrons. The second-order valence-corrected chi connectivity index (χ2v) is 4.46. The van der Waals surface area contributed by atoms with E-state index < -0.39 is 0 Å². The zero-order valence-electron chi connectivity index (χ0n) is 10.5. The molecule has 0 aliphatic carbocycles. The second-order valence-electron chi connectivity index (χ2n) is 4.46. The third-order valence-electron chi connectivity index (χ3n) is 2.84. The lowest BCUT2D eigenvalue weighted by molar-refractivity contribution is -0.0729. The molecule has 0 radical (unpaired) electrons. The van der Waals surface area contributed by atoms with E-state index in [0.717, 1.165) is 18.7 Å². The van der Waals surface area contributed by atoms with Crippen molar-refractivity contribution in [1.82, 2.24) is 9.97 Å². The number of anilines is 1. The molecule has 17 heavy (non-hydrogen) atoms. The Balaban J connectivity index is 1.99. The number of hydrogen-bond donors (Lipinski definition) is 1. The number of aromatic nitrogens is 2. The summed E-state index contributed by atoms with van der Waals surface area (Å²) >= 11 is 0. The zero-order chi connectivity index (χ0) is 12.3. The van der Waals surface area contributed by atoms with Crippen LogP contribution in [0.2, 0.25) is 0 Å². The predicted molar refractivity (Wildman–Crippen MR) is 65.2 cm³/mol. The summed E-state index contributed by atoms with van der Waals surface area (Å²) in [4.78, 5) is 8.17. The summed E-state index contributed by atoms with van der Waals surface area (Å²) in [5.41, 5.74) is 0. The highest BCUT2D eigenvalue weighted by atomic mass is 16.5. The van der Waals surface area contributed by atoms with E-state index >= 15 is 0 Å². The van der Waals surface area contributed by atoms with Crippen LogP contribution in [0.5, 0.6) is 5.88 Å². The topological polar surface area (TPSA) is 56.3 Å². The van der Waals surface area contributed by atoms with Crippen LogP contribution in [-0.2, 0) is 4.74 Å². The van der Waals surface area contributed by atoms with Gasteiger partial charge in [-0.05, 0) is 13.8 Å². The van der Waals surface area contributed by atoms with Crippen LogP contribution in [0.15, 0.2) is 12.4 Å². The smallest absolute Gasteiger partial charge is 0.218 e. The number of nitrogens with one attached hydrogen (secondary N) is 1. The number of ether oxygens (including phenoxy) is 2. The minimum Gasteiger partial charge on any atom is -0.474 e. The molecule has 2 unspecified atom stereocenters. The molecular formula is C12H19N3O2. The standard InChI is InChI=1S/C12H19N3O2/c1-8-4-10(5-9(2)16-8)17-12-6-11(13-3)14-7-15-12/h6-10H,4-5H2,1-3H3,(H,13,14,15). The molecule has 0 amide bonds. The molecule has 1 N–H and O–H groups in total. The van der Waals surface area contributed by atoms with Gasteiger partial charge >= 0.3 is 0 Å². The van der Waals surface area contributed by atoms with Crippen molar-refractivity contribution in [2.75, 3.05) is 12.4 Å². The van der Waals surface area contributed by atoms with E-state index in [0.29, 0.717) is 5.88 Å². The molecule has 1 aliphatic heterocycles. The average molecular weight is 237 g/mol. The lowest BCUT2D eigenvalue weighted by Gasteiger charge is -2.31. The Hall–Kier alpha value is -1.36. The molecule has 1 fully saturated rings. The van der Waals surface area contributed by atoms with E-state index in [-0.39, 0.29) is 18.3 Å². The molecule has 2 rings (SSSR count). The van der Waals surface area contributed by atoms with Crippen LogP contribution in [0.25, 0.3) is 0 Å². The molecule has 1 saturated heterocycles. The first-order chi connectivity index (χ1) is 8.17. The Labute approximate surface area is 102 Å². The molecule has 0 spiro atoms. The van der Waals surface area contributed by atoms with E-state index in [9.17, 15) is 0 Å². The first-order valence-electron chi connectivity index (χ1n) is 5.99. The van der Waals surface area contributed by atoms with Gasteiger partial charge in [-0.3, -0.25) is 0 Å². The van der Waals surface area contributed by atoms with Gasteiger partial charge in [0.05, 0.1) is 12.2 Å². The van der Waals surface area contributed by atoms with Gasteiger partial charge in [-0.2, -0.15) is 0 Å². The van der Waals surface area contributed by atoms with Gasteiger partial charge in [-0.15, -0.1) is 0 Å². The molecule has 2 heterocycles. The highest BCUT2D eigenvalue weighted by Crippen LogP contribution is 2.23. The normalized spacial score (nSPS) is 28.8. The summed E-state index contributed by atoms with van der Waals surface area (Å²) in [6.45, 7) is 4.15. The van der Waals surface area contributed by atoms with Crippen molar-refractivity contribution in [1.29, 1.82) is 0 Å². The third-order valence-corrected chi connectivity index (χ3v) is 2.84. The van der Waals surface area contributed by atoms with Crippen molar-refractivity contribution in [3.8, 4) is 5.88 Å². The fourth-order valence-corrected chi connectivity index (χ4v) is 2.15. The quantitative estimate of drug-likeness (QED) is 0.869. The summed E-state index contributed by atoms with van der Waals surface area (Å²) in [7, 11) is 1.82. The van der Waals surface area contributed by atoms with Crippen molar-refractivity contribution in [3.05, 3.63) is 12.4 Å². The van der Waals surface area contributed by atoms with E-state index in [4.69, 9.17) is 9.47 Å². The number of nitrogens with zero attached hydrogens (tertiary/aromatic N) is 2. The first-order valence-corrected chi connectivity index (χ1v) is 5.99. The van der Waals surface area contributed by atoms with Crippen molar-refractivity contribution in [2.45, 2.75) is 45.0 Å². The lowest BCUT2D eigenvalue weighted by Crippen LogP contribution is -2.35. The van der Waals surface area contributed by atoms with E-state index in [1.807, 2.05) is 13.1 Å². The molecule has 5 nitrogen and oxygen atoms in total. The largest absolute Gasteiger partial charge is 0.474 e. The molecule has 1 aliphatic rings. The second kappa shape index (κ2) is 5.31. The van der Waals surface area contributed by atoms with Crippen LogP contribution in [0.3, 0.4) is 0 Å². The van der Waals surface area contributed by atoms with Gasteiger partial charge in [-0.25, -0.2) is 9.97 Å². The Morgan fingerprint density at radius 1 is 1.29 bits per heavy atom. The summed E-state index contributed by atoms with van der Waals surface area (Å²) in [6.07, 6.45) is 3.98. The van der Waals surface area contributed by atoms with Gasteiger partial charge < -0.3 is 14.8 Å². The molecule has 1 aromatic rings. The van der Waals surface area contributed by atoms with Crippen LogP contribution in [0, 0.1) is 0 Å². The van der Waals surface area contributed by atoms with E-state index in [2.05, 4.69) is 29.1 Å². The average Bonchev–Trinajstić information content (AvgIpc) is 2.28. The third kappa shape index (κ3) is 3.30. The van der Waals surface area contributed by atoms with Gasteiger partial charge in [0.1, 0.15) is 18.2 Å². The maximum absolute atomic E-state index is 5.87. The van der Waals surface area contributed by atoms with Crippen molar-refractivity contribution < 1.29 is 9.47 Å². The van der Waals surface area contributed by atoms with Gasteiger partial charge in [0.25, 0.3) is 0 Å². The maximum Gasteiger partial charge on any atom is 0.218 e. The molecule has 1 aromatic heterocycles. The number of rotatable bonds is 3.